The lowest BCUT2D eigenvalue weighted by atomic mass is 10.3. The molecule has 1 N–H and O–H groups in total. The van der Waals surface area contributed by atoms with Gasteiger partial charge >= 0.3 is 0 Å². The first kappa shape index (κ1) is 14.2. The van der Waals surface area contributed by atoms with Gasteiger partial charge in [-0.15, -0.1) is 0 Å². The van der Waals surface area contributed by atoms with E-state index in [9.17, 15) is 8.42 Å². The molecule has 2 saturated heterocycles. The molecule has 0 aliphatic carbocycles. The summed E-state index contributed by atoms with van der Waals surface area (Å²) in [6, 6.07) is 0. The lowest BCUT2D eigenvalue weighted by Gasteiger charge is -2.41. The Morgan fingerprint density at radius 3 is 2.50 bits per heavy atom. The number of hydrogen-bond acceptors (Lipinski definition) is 6. The third-order valence-electron chi connectivity index (χ3n) is 3.48. The van der Waals surface area contributed by atoms with Gasteiger partial charge in [0.15, 0.2) is 0 Å². The maximum Gasteiger partial charge on any atom is 0.280 e. The molecular formula is C10H20N2O5S. The van der Waals surface area contributed by atoms with Gasteiger partial charge in [-0.3, -0.25) is 14.4 Å². The normalized spacial score (nSPS) is 30.2. The molecule has 0 saturated carbocycles. The molecule has 2 heterocycles. The zero-order valence-corrected chi connectivity index (χ0v) is 11.3. The summed E-state index contributed by atoms with van der Waals surface area (Å²) < 4.78 is 42.3. The van der Waals surface area contributed by atoms with E-state index in [4.69, 9.17) is 14.0 Å². The number of hydrogen-bond donors (Lipinski definition) is 1. The first-order chi connectivity index (χ1) is 8.48. The lowest BCUT2D eigenvalue weighted by Crippen LogP contribution is -2.56. The highest BCUT2D eigenvalue weighted by atomic mass is 32.2. The van der Waals surface area contributed by atoms with Crippen LogP contribution in [0.25, 0.3) is 0 Å². The lowest BCUT2D eigenvalue weighted by molar-refractivity contribution is -0.136. The van der Waals surface area contributed by atoms with Gasteiger partial charge in [0, 0.05) is 26.2 Å². The van der Waals surface area contributed by atoms with Gasteiger partial charge in [-0.25, -0.2) is 0 Å². The molecule has 0 aromatic heterocycles. The Hall–Kier alpha value is -0.250. The van der Waals surface area contributed by atoms with E-state index in [-0.39, 0.29) is 6.23 Å². The third kappa shape index (κ3) is 3.40. The minimum absolute atomic E-state index is 0.119. The molecule has 2 rings (SSSR count). The maximum atomic E-state index is 11.2. The zero-order valence-electron chi connectivity index (χ0n) is 10.5. The van der Waals surface area contributed by atoms with E-state index in [2.05, 4.69) is 4.90 Å². The number of nitrogens with zero attached hydrogens (tertiary/aromatic N) is 2. The van der Waals surface area contributed by atoms with Crippen LogP contribution in [-0.4, -0.2) is 80.4 Å². The van der Waals surface area contributed by atoms with Gasteiger partial charge in [-0.2, -0.15) is 8.42 Å². The molecule has 106 valence electrons. The summed E-state index contributed by atoms with van der Waals surface area (Å²) in [5.41, 5.74) is 0. The van der Waals surface area contributed by atoms with E-state index in [1.807, 2.05) is 0 Å². The predicted octanol–water partition coefficient (Wildman–Crippen LogP) is -0.789. The summed E-state index contributed by atoms with van der Waals surface area (Å²) in [5.74, 6) is 0. The molecule has 2 unspecified atom stereocenters. The summed E-state index contributed by atoms with van der Waals surface area (Å²) in [6.07, 6.45) is -0.119. The van der Waals surface area contributed by atoms with Crippen LogP contribution in [0, 0.1) is 0 Å². The molecule has 0 aromatic carbocycles. The fourth-order valence-electron chi connectivity index (χ4n) is 2.26. The molecule has 0 bridgehead atoms. The van der Waals surface area contributed by atoms with E-state index in [1.54, 1.807) is 4.90 Å². The quantitative estimate of drug-likeness (QED) is 0.679. The monoisotopic (exact) mass is 280 g/mol. The Labute approximate surface area is 107 Å². The Morgan fingerprint density at radius 1 is 1.22 bits per heavy atom. The van der Waals surface area contributed by atoms with Gasteiger partial charge in [0.25, 0.3) is 10.1 Å². The van der Waals surface area contributed by atoms with Crippen molar-refractivity contribution in [2.45, 2.75) is 18.5 Å². The Balaban J connectivity index is 1.95. The van der Waals surface area contributed by atoms with E-state index >= 15 is 0 Å². The second kappa shape index (κ2) is 5.81. The van der Waals surface area contributed by atoms with Gasteiger partial charge in [-0.05, 0) is 6.92 Å². The average molecular weight is 280 g/mol. The van der Waals surface area contributed by atoms with Crippen molar-refractivity contribution in [2.75, 3.05) is 46.0 Å². The summed E-state index contributed by atoms with van der Waals surface area (Å²) in [4.78, 5) is 3.88. The molecule has 7 nitrogen and oxygen atoms in total. The largest absolute Gasteiger partial charge is 0.379 e. The maximum absolute atomic E-state index is 11.2. The fourth-order valence-corrected chi connectivity index (χ4v) is 2.82. The fraction of sp³-hybridized carbons (Fsp3) is 1.00. The van der Waals surface area contributed by atoms with Crippen molar-refractivity contribution in [3.05, 3.63) is 0 Å². The molecule has 2 aliphatic heterocycles. The van der Waals surface area contributed by atoms with Gasteiger partial charge in [0.05, 0.1) is 19.8 Å². The van der Waals surface area contributed by atoms with Crippen molar-refractivity contribution in [2.24, 2.45) is 0 Å². The number of morpholine rings is 2. The van der Waals surface area contributed by atoms with Gasteiger partial charge in [-0.1, -0.05) is 0 Å². The summed E-state index contributed by atoms with van der Waals surface area (Å²) in [5, 5.41) is -0.884. The van der Waals surface area contributed by atoms with Crippen LogP contribution in [0.5, 0.6) is 0 Å². The van der Waals surface area contributed by atoms with Crippen molar-refractivity contribution in [1.82, 2.24) is 9.80 Å². The zero-order chi connectivity index (χ0) is 13.2. The van der Waals surface area contributed by atoms with E-state index < -0.39 is 15.5 Å². The SMILES string of the molecule is CC(N1CCOC(N2CCOCC2)C1)S(=O)(=O)O. The Morgan fingerprint density at radius 2 is 1.89 bits per heavy atom. The third-order valence-corrected chi connectivity index (χ3v) is 4.64. The van der Waals surface area contributed by atoms with Gasteiger partial charge in [0.1, 0.15) is 11.6 Å². The van der Waals surface area contributed by atoms with Crippen LogP contribution in [0.4, 0.5) is 0 Å². The van der Waals surface area contributed by atoms with Crippen LogP contribution >= 0.6 is 0 Å². The molecule has 18 heavy (non-hydrogen) atoms. The minimum Gasteiger partial charge on any atom is -0.379 e. The molecular weight excluding hydrogens is 260 g/mol. The standard InChI is InChI=1S/C10H20N2O5S/c1-9(18(13,14)15)12-4-7-17-10(8-12)11-2-5-16-6-3-11/h9-10H,2-8H2,1H3,(H,13,14,15). The van der Waals surface area contributed by atoms with Crippen molar-refractivity contribution >= 4 is 10.1 Å². The molecule has 0 amide bonds. The van der Waals surface area contributed by atoms with Crippen LogP contribution in [-0.2, 0) is 19.6 Å². The summed E-state index contributed by atoms with van der Waals surface area (Å²) in [7, 11) is -4.03. The molecule has 2 atom stereocenters. The van der Waals surface area contributed by atoms with Crippen LogP contribution < -0.4 is 0 Å². The Kier molecular flexibility index (Phi) is 4.57. The van der Waals surface area contributed by atoms with Gasteiger partial charge < -0.3 is 9.47 Å². The Bertz CT molecular complexity index is 368. The predicted molar refractivity (Wildman–Crippen MR) is 64.7 cm³/mol. The van der Waals surface area contributed by atoms with Crippen molar-refractivity contribution < 1.29 is 22.4 Å². The molecule has 0 aromatic rings. The van der Waals surface area contributed by atoms with Crippen LogP contribution in [0.3, 0.4) is 0 Å². The average Bonchev–Trinajstić information content (AvgIpc) is 2.38. The molecule has 2 aliphatic rings. The van der Waals surface area contributed by atoms with Crippen molar-refractivity contribution in [3.63, 3.8) is 0 Å². The summed E-state index contributed by atoms with van der Waals surface area (Å²) >= 11 is 0. The van der Waals surface area contributed by atoms with E-state index in [0.29, 0.717) is 32.9 Å². The minimum atomic E-state index is -4.03. The topological polar surface area (TPSA) is 79.3 Å². The highest BCUT2D eigenvalue weighted by molar-refractivity contribution is 7.86. The number of ether oxygens (including phenoxy) is 2. The van der Waals surface area contributed by atoms with Crippen molar-refractivity contribution in [3.8, 4) is 0 Å². The first-order valence-corrected chi connectivity index (χ1v) is 7.62. The molecule has 2 fully saturated rings. The van der Waals surface area contributed by atoms with Crippen LogP contribution in [0.15, 0.2) is 0 Å². The van der Waals surface area contributed by atoms with E-state index in [0.717, 1.165) is 13.1 Å². The van der Waals surface area contributed by atoms with Crippen LogP contribution in [0.1, 0.15) is 6.92 Å². The highest BCUT2D eigenvalue weighted by Crippen LogP contribution is 2.16. The smallest absolute Gasteiger partial charge is 0.280 e. The molecule has 0 radical (unpaired) electrons. The van der Waals surface area contributed by atoms with Crippen LogP contribution in [0.2, 0.25) is 0 Å². The van der Waals surface area contributed by atoms with Gasteiger partial charge in [0.2, 0.25) is 0 Å². The second-order valence-corrected chi connectivity index (χ2v) is 6.30. The van der Waals surface area contributed by atoms with Crippen molar-refractivity contribution in [1.29, 1.82) is 0 Å². The first-order valence-electron chi connectivity index (χ1n) is 6.12. The number of rotatable bonds is 3. The second-order valence-electron chi connectivity index (χ2n) is 4.58. The summed E-state index contributed by atoms with van der Waals surface area (Å²) in [6.45, 7) is 5.90. The molecule has 8 heteroatoms. The molecule has 0 spiro atoms. The van der Waals surface area contributed by atoms with E-state index in [1.165, 1.54) is 6.92 Å². The highest BCUT2D eigenvalue weighted by Gasteiger charge is 2.33.